The normalized spacial score (nSPS) is 16.7. The summed E-state index contributed by atoms with van der Waals surface area (Å²) >= 11 is 5.86. The molecule has 0 spiro atoms. The molecule has 0 unspecified atom stereocenters. The molecule has 1 aliphatic heterocycles. The van der Waals surface area contributed by atoms with E-state index in [4.69, 9.17) is 17.0 Å². The van der Waals surface area contributed by atoms with Gasteiger partial charge in [0, 0.05) is 41.8 Å². The quantitative estimate of drug-likeness (QED) is 0.276. The SMILES string of the molecule is COc1ccccc1NC(=O)CCN1C(=S)N[C@@H](c2ccccn2)[C@@H]1c1c(C)c(C)n(-c2ccccc2)c1C. The maximum Gasteiger partial charge on any atom is 0.226 e. The number of rotatable bonds is 8. The summed E-state index contributed by atoms with van der Waals surface area (Å²) in [6.07, 6.45) is 2.07. The molecule has 2 aromatic carbocycles. The van der Waals surface area contributed by atoms with Gasteiger partial charge in [-0.25, -0.2) is 0 Å². The average molecular weight is 540 g/mol. The van der Waals surface area contributed by atoms with Gasteiger partial charge in [-0.1, -0.05) is 36.4 Å². The molecule has 0 saturated carbocycles. The number of methoxy groups -OCH3 is 1. The fourth-order valence-corrected chi connectivity index (χ4v) is 5.88. The number of amides is 1. The summed E-state index contributed by atoms with van der Waals surface area (Å²) < 4.78 is 7.69. The lowest BCUT2D eigenvalue weighted by molar-refractivity contribution is -0.116. The summed E-state index contributed by atoms with van der Waals surface area (Å²) in [6.45, 7) is 6.93. The van der Waals surface area contributed by atoms with Crippen LogP contribution in [0.3, 0.4) is 0 Å². The molecule has 1 aliphatic rings. The predicted molar refractivity (Wildman–Crippen MR) is 158 cm³/mol. The summed E-state index contributed by atoms with van der Waals surface area (Å²) in [5.41, 5.74) is 7.42. The van der Waals surface area contributed by atoms with Crippen LogP contribution in [0.2, 0.25) is 0 Å². The van der Waals surface area contributed by atoms with E-state index in [0.717, 1.165) is 17.1 Å². The van der Waals surface area contributed by atoms with E-state index >= 15 is 0 Å². The van der Waals surface area contributed by atoms with Crippen molar-refractivity contribution in [2.45, 2.75) is 39.3 Å². The Morgan fingerprint density at radius 3 is 2.44 bits per heavy atom. The Morgan fingerprint density at radius 1 is 1.00 bits per heavy atom. The third-order valence-corrected chi connectivity index (χ3v) is 7.83. The first kappa shape index (κ1) is 26.4. The third-order valence-electron chi connectivity index (χ3n) is 7.48. The molecule has 2 N–H and O–H groups in total. The van der Waals surface area contributed by atoms with Crippen LogP contribution in [-0.2, 0) is 4.79 Å². The van der Waals surface area contributed by atoms with Crippen molar-refractivity contribution in [1.29, 1.82) is 0 Å². The number of hydrogen-bond acceptors (Lipinski definition) is 4. The topological polar surface area (TPSA) is 71.4 Å². The van der Waals surface area contributed by atoms with E-state index in [9.17, 15) is 4.79 Å². The number of benzene rings is 2. The van der Waals surface area contributed by atoms with Gasteiger partial charge in [0.2, 0.25) is 5.91 Å². The van der Waals surface area contributed by atoms with Crippen molar-refractivity contribution in [3.8, 4) is 11.4 Å². The first-order valence-corrected chi connectivity index (χ1v) is 13.5. The van der Waals surface area contributed by atoms with Crippen LogP contribution < -0.4 is 15.4 Å². The summed E-state index contributed by atoms with van der Waals surface area (Å²) in [5.74, 6) is 0.523. The van der Waals surface area contributed by atoms with Gasteiger partial charge in [0.25, 0.3) is 0 Å². The van der Waals surface area contributed by atoms with Crippen molar-refractivity contribution in [3.63, 3.8) is 0 Å². The molecule has 0 radical (unpaired) electrons. The molecule has 1 amide bonds. The number of hydrogen-bond donors (Lipinski definition) is 2. The van der Waals surface area contributed by atoms with Crippen LogP contribution in [0.25, 0.3) is 5.69 Å². The van der Waals surface area contributed by atoms with Gasteiger partial charge in [-0.05, 0) is 75.0 Å². The van der Waals surface area contributed by atoms with Gasteiger partial charge in [0.05, 0.1) is 30.6 Å². The van der Waals surface area contributed by atoms with Crippen LogP contribution in [0.5, 0.6) is 5.75 Å². The Labute approximate surface area is 234 Å². The fraction of sp³-hybridized carbons (Fsp3) is 0.258. The smallest absolute Gasteiger partial charge is 0.226 e. The molecular formula is C31H33N5O2S. The Kier molecular flexibility index (Phi) is 7.65. The lowest BCUT2D eigenvalue weighted by Crippen LogP contribution is -2.33. The maximum atomic E-state index is 13.0. The monoisotopic (exact) mass is 539 g/mol. The summed E-state index contributed by atoms with van der Waals surface area (Å²) in [7, 11) is 1.59. The third kappa shape index (κ3) is 5.12. The van der Waals surface area contributed by atoms with Gasteiger partial charge in [-0.3, -0.25) is 9.78 Å². The lowest BCUT2D eigenvalue weighted by Gasteiger charge is -2.29. The highest BCUT2D eigenvalue weighted by atomic mass is 32.1. The summed E-state index contributed by atoms with van der Waals surface area (Å²) in [5, 5.41) is 7.12. The van der Waals surface area contributed by atoms with Crippen molar-refractivity contribution in [2.75, 3.05) is 19.0 Å². The minimum atomic E-state index is -0.153. The van der Waals surface area contributed by atoms with Gasteiger partial charge < -0.3 is 24.8 Å². The van der Waals surface area contributed by atoms with Crippen LogP contribution >= 0.6 is 12.2 Å². The number of carbonyl (C=O) groups excluding carboxylic acids is 1. The predicted octanol–water partition coefficient (Wildman–Crippen LogP) is 5.81. The van der Waals surface area contributed by atoms with Gasteiger partial charge in [-0.2, -0.15) is 0 Å². The van der Waals surface area contributed by atoms with Crippen LogP contribution in [0.1, 0.15) is 46.7 Å². The highest BCUT2D eigenvalue weighted by molar-refractivity contribution is 7.80. The molecule has 0 aliphatic carbocycles. The second-order valence-corrected chi connectivity index (χ2v) is 10.1. The van der Waals surface area contributed by atoms with Crippen molar-refractivity contribution in [1.82, 2.24) is 19.8 Å². The first-order chi connectivity index (χ1) is 18.9. The molecule has 2 aromatic heterocycles. The molecule has 2 atom stereocenters. The Bertz CT molecular complexity index is 1490. The Morgan fingerprint density at radius 2 is 1.72 bits per heavy atom. The Balaban J connectivity index is 1.49. The molecule has 1 fully saturated rings. The van der Waals surface area contributed by atoms with Crippen LogP contribution in [-0.4, -0.2) is 39.1 Å². The minimum Gasteiger partial charge on any atom is -0.495 e. The molecule has 200 valence electrons. The maximum absolute atomic E-state index is 13.0. The van der Waals surface area contributed by atoms with Crippen molar-refractivity contribution in [3.05, 3.63) is 107 Å². The van der Waals surface area contributed by atoms with E-state index in [1.807, 2.05) is 48.5 Å². The number of carbonyl (C=O) groups is 1. The number of pyridine rings is 1. The number of anilines is 1. The van der Waals surface area contributed by atoms with Gasteiger partial charge >= 0.3 is 0 Å². The minimum absolute atomic E-state index is 0.103. The largest absolute Gasteiger partial charge is 0.495 e. The lowest BCUT2D eigenvalue weighted by atomic mass is 9.93. The first-order valence-electron chi connectivity index (χ1n) is 13.1. The molecule has 39 heavy (non-hydrogen) atoms. The molecule has 7 nitrogen and oxygen atoms in total. The number of thiocarbonyl (C=S) groups is 1. The fourth-order valence-electron chi connectivity index (χ4n) is 5.55. The van der Waals surface area contributed by atoms with E-state index in [1.165, 1.54) is 16.8 Å². The molecule has 0 bridgehead atoms. The average Bonchev–Trinajstić information content (AvgIpc) is 3.39. The zero-order valence-corrected chi connectivity index (χ0v) is 23.5. The summed E-state index contributed by atoms with van der Waals surface area (Å²) in [4.78, 5) is 19.9. The molecular weight excluding hydrogens is 506 g/mol. The van der Waals surface area contributed by atoms with Crippen molar-refractivity contribution < 1.29 is 9.53 Å². The van der Waals surface area contributed by atoms with E-state index in [-0.39, 0.29) is 24.4 Å². The summed E-state index contributed by atoms with van der Waals surface area (Å²) in [6, 6.07) is 23.4. The second-order valence-electron chi connectivity index (χ2n) is 9.70. The second kappa shape index (κ2) is 11.3. The molecule has 3 heterocycles. The number of nitrogens with zero attached hydrogens (tertiary/aromatic N) is 3. The number of aromatic nitrogens is 2. The van der Waals surface area contributed by atoms with Crippen LogP contribution in [0.15, 0.2) is 79.0 Å². The highest BCUT2D eigenvalue weighted by Crippen LogP contribution is 2.43. The van der Waals surface area contributed by atoms with Crippen LogP contribution in [0, 0.1) is 20.8 Å². The highest BCUT2D eigenvalue weighted by Gasteiger charge is 2.42. The molecule has 5 rings (SSSR count). The van der Waals surface area contributed by atoms with Gasteiger partial charge in [-0.15, -0.1) is 0 Å². The zero-order valence-electron chi connectivity index (χ0n) is 22.6. The van der Waals surface area contributed by atoms with Gasteiger partial charge in [0.15, 0.2) is 5.11 Å². The Hall–Kier alpha value is -4.17. The zero-order chi connectivity index (χ0) is 27.5. The van der Waals surface area contributed by atoms with Crippen molar-refractivity contribution >= 4 is 28.9 Å². The van der Waals surface area contributed by atoms with E-state index in [1.54, 1.807) is 13.3 Å². The molecule has 8 heteroatoms. The van der Waals surface area contributed by atoms with Crippen molar-refractivity contribution in [2.24, 2.45) is 0 Å². The number of para-hydroxylation sites is 3. The van der Waals surface area contributed by atoms with E-state index < -0.39 is 0 Å². The van der Waals surface area contributed by atoms with Gasteiger partial charge in [0.1, 0.15) is 5.75 Å². The molecule has 4 aromatic rings. The molecule has 1 saturated heterocycles. The van der Waals surface area contributed by atoms with E-state index in [2.05, 4.69) is 70.1 Å². The van der Waals surface area contributed by atoms with E-state index in [0.29, 0.717) is 23.1 Å². The van der Waals surface area contributed by atoms with Crippen LogP contribution in [0.4, 0.5) is 5.69 Å². The standard InChI is InChI=1S/C31H33N5O2S/c1-20-21(2)36(23-12-6-5-7-13-23)22(3)28(20)30-29(25-15-10-11-18-32-25)34-31(39)35(30)19-17-27(37)33-24-14-8-9-16-26(24)38-4/h5-16,18,29-30H,17,19H2,1-4H3,(H,33,37)(H,34,39)/t29-,30-/m0/s1. The number of nitrogens with one attached hydrogen (secondary N) is 2. The number of ether oxygens (including phenoxy) is 1.